The molecule has 3 fully saturated rings. The number of carbonyl (C=O) groups is 2. The Balaban J connectivity index is 1.75. The third-order valence-electron chi connectivity index (χ3n) is 8.51. The molecule has 3 saturated carbocycles. The molecule has 1 N–H and O–H groups in total. The van der Waals surface area contributed by atoms with Crippen molar-refractivity contribution in [1.82, 2.24) is 0 Å². The molecule has 0 aliphatic heterocycles. The third kappa shape index (κ3) is 2.08. The topological polar surface area (TPSA) is 54.4 Å². The standard InChI is InChI=1S/C22H29FO3/c1-13-10-17-16-5-4-14-11-15(25)6-7-21(14,3)22(16,23)9-8-20(17,2)19(13)18(26)12-24/h6-7,11,13,16-17,19,24H,4-5,8-10,12H2,1-3H3/t13?,16-,17-,19+,20-,21-,22+/m0/s1. The number of rotatable bonds is 2. The van der Waals surface area contributed by atoms with Crippen LogP contribution in [0.1, 0.15) is 52.9 Å². The van der Waals surface area contributed by atoms with Gasteiger partial charge in [0.2, 0.25) is 0 Å². The minimum Gasteiger partial charge on any atom is -0.389 e. The summed E-state index contributed by atoms with van der Waals surface area (Å²) in [6, 6.07) is 0. The van der Waals surface area contributed by atoms with E-state index in [1.165, 1.54) is 6.08 Å². The summed E-state index contributed by atoms with van der Waals surface area (Å²) in [5.74, 6) is -0.0558. The van der Waals surface area contributed by atoms with Crippen LogP contribution in [0.5, 0.6) is 0 Å². The van der Waals surface area contributed by atoms with Crippen LogP contribution in [0.15, 0.2) is 23.8 Å². The van der Waals surface area contributed by atoms with Crippen molar-refractivity contribution in [2.45, 2.75) is 58.5 Å². The highest BCUT2D eigenvalue weighted by molar-refractivity contribution is 6.01. The quantitative estimate of drug-likeness (QED) is 0.815. The Hall–Kier alpha value is -1.29. The molecule has 3 nitrogen and oxygen atoms in total. The maximum atomic E-state index is 16.7. The lowest BCUT2D eigenvalue weighted by Crippen LogP contribution is -2.60. The monoisotopic (exact) mass is 360 g/mol. The lowest BCUT2D eigenvalue weighted by Gasteiger charge is -2.60. The summed E-state index contributed by atoms with van der Waals surface area (Å²) in [4.78, 5) is 24.3. The maximum absolute atomic E-state index is 16.7. The largest absolute Gasteiger partial charge is 0.389 e. The van der Waals surface area contributed by atoms with Gasteiger partial charge in [0.05, 0.1) is 0 Å². The predicted octanol–water partition coefficient (Wildman–Crippen LogP) is 3.81. The molecular formula is C22H29FO3. The molecule has 0 saturated heterocycles. The number of alkyl halides is 1. The number of carbonyl (C=O) groups excluding carboxylic acids is 2. The Morgan fingerprint density at radius 3 is 2.73 bits per heavy atom. The van der Waals surface area contributed by atoms with E-state index in [1.807, 2.05) is 6.92 Å². The number of Topliss-reactive ketones (excluding diaryl/α,β-unsaturated/α-hetero) is 1. The summed E-state index contributed by atoms with van der Waals surface area (Å²) in [6.45, 7) is 5.76. The van der Waals surface area contributed by atoms with Gasteiger partial charge in [0.1, 0.15) is 12.3 Å². The van der Waals surface area contributed by atoms with Crippen molar-refractivity contribution < 1.29 is 19.1 Å². The molecule has 0 spiro atoms. The van der Waals surface area contributed by atoms with Gasteiger partial charge in [-0.2, -0.15) is 0 Å². The first-order valence-corrected chi connectivity index (χ1v) is 9.94. The summed E-state index contributed by atoms with van der Waals surface area (Å²) in [5.41, 5.74) is -1.38. The Labute approximate surface area is 154 Å². The van der Waals surface area contributed by atoms with Gasteiger partial charge in [0, 0.05) is 11.3 Å². The van der Waals surface area contributed by atoms with Crippen LogP contribution in [0.4, 0.5) is 4.39 Å². The molecule has 4 rings (SSSR count). The van der Waals surface area contributed by atoms with Gasteiger partial charge in [-0.05, 0) is 74.3 Å². The predicted molar refractivity (Wildman–Crippen MR) is 97.1 cm³/mol. The van der Waals surface area contributed by atoms with Gasteiger partial charge in [-0.15, -0.1) is 0 Å². The van der Waals surface area contributed by atoms with Gasteiger partial charge in [-0.3, -0.25) is 9.59 Å². The van der Waals surface area contributed by atoms with Crippen LogP contribution in [0.25, 0.3) is 0 Å². The normalized spacial score (nSPS) is 49.9. The molecule has 0 amide bonds. The summed E-state index contributed by atoms with van der Waals surface area (Å²) in [5, 5.41) is 9.45. The van der Waals surface area contributed by atoms with Crippen LogP contribution in [-0.4, -0.2) is 28.9 Å². The molecule has 0 aromatic carbocycles. The number of aliphatic hydroxyl groups is 1. The van der Waals surface area contributed by atoms with Crippen molar-refractivity contribution >= 4 is 11.6 Å². The van der Waals surface area contributed by atoms with Crippen molar-refractivity contribution in [3.8, 4) is 0 Å². The molecule has 4 aliphatic carbocycles. The molecule has 142 valence electrons. The average Bonchev–Trinajstić information content (AvgIpc) is 2.86. The molecule has 4 aliphatic rings. The van der Waals surface area contributed by atoms with Crippen molar-refractivity contribution in [2.75, 3.05) is 6.61 Å². The molecule has 26 heavy (non-hydrogen) atoms. The number of fused-ring (bicyclic) bond motifs is 5. The van der Waals surface area contributed by atoms with Crippen LogP contribution >= 0.6 is 0 Å². The fraction of sp³-hybridized carbons (Fsp3) is 0.727. The third-order valence-corrected chi connectivity index (χ3v) is 8.51. The van der Waals surface area contributed by atoms with E-state index in [0.29, 0.717) is 12.8 Å². The van der Waals surface area contributed by atoms with Gasteiger partial charge < -0.3 is 5.11 Å². The molecule has 1 unspecified atom stereocenters. The number of hydrogen-bond acceptors (Lipinski definition) is 3. The van der Waals surface area contributed by atoms with Gasteiger partial charge in [-0.25, -0.2) is 4.39 Å². The van der Waals surface area contributed by atoms with Crippen LogP contribution < -0.4 is 0 Å². The first kappa shape index (κ1) is 18.1. The zero-order valence-corrected chi connectivity index (χ0v) is 15.9. The van der Waals surface area contributed by atoms with E-state index >= 15 is 4.39 Å². The van der Waals surface area contributed by atoms with Crippen LogP contribution in [-0.2, 0) is 9.59 Å². The van der Waals surface area contributed by atoms with Crippen LogP contribution in [0, 0.1) is 34.5 Å². The van der Waals surface area contributed by atoms with E-state index in [1.54, 1.807) is 12.2 Å². The van der Waals surface area contributed by atoms with Gasteiger partial charge in [0.15, 0.2) is 11.6 Å². The van der Waals surface area contributed by atoms with Gasteiger partial charge >= 0.3 is 0 Å². The second-order valence-electron chi connectivity index (χ2n) is 9.54. The molecule has 7 atom stereocenters. The molecule has 0 aromatic heterocycles. The van der Waals surface area contributed by atoms with Crippen molar-refractivity contribution in [3.63, 3.8) is 0 Å². The molecule has 0 radical (unpaired) electrons. The maximum Gasteiger partial charge on any atom is 0.178 e. The summed E-state index contributed by atoms with van der Waals surface area (Å²) >= 11 is 0. The highest BCUT2D eigenvalue weighted by Crippen LogP contribution is 2.69. The number of aliphatic hydroxyl groups excluding tert-OH is 1. The van der Waals surface area contributed by atoms with Crippen LogP contribution in [0.3, 0.4) is 0 Å². The number of ketones is 2. The SMILES string of the molecule is CC1C[C@H]2[C@@H]3CCC4=CC(=O)C=C[C@]4(C)[C@@]3(F)CC[C@]2(C)[C@H]1C(=O)CO. The Morgan fingerprint density at radius 1 is 1.31 bits per heavy atom. The molecule has 4 heteroatoms. The molecule has 0 bridgehead atoms. The summed E-state index contributed by atoms with van der Waals surface area (Å²) in [6.07, 6.45) is 8.38. The van der Waals surface area contributed by atoms with Gasteiger partial charge in [-0.1, -0.05) is 25.5 Å². The Bertz CT molecular complexity index is 725. The van der Waals surface area contributed by atoms with E-state index in [-0.39, 0.29) is 40.7 Å². The highest BCUT2D eigenvalue weighted by atomic mass is 19.1. The summed E-state index contributed by atoms with van der Waals surface area (Å²) in [7, 11) is 0. The fourth-order valence-corrected chi connectivity index (χ4v) is 7.24. The first-order valence-electron chi connectivity index (χ1n) is 9.94. The number of allylic oxidation sites excluding steroid dienone is 4. The minimum absolute atomic E-state index is 0.0386. The van der Waals surface area contributed by atoms with E-state index in [0.717, 1.165) is 24.8 Å². The van der Waals surface area contributed by atoms with Gasteiger partial charge in [0.25, 0.3) is 0 Å². The zero-order valence-electron chi connectivity index (χ0n) is 15.9. The van der Waals surface area contributed by atoms with Crippen molar-refractivity contribution in [3.05, 3.63) is 23.8 Å². The fourth-order valence-electron chi connectivity index (χ4n) is 7.24. The smallest absolute Gasteiger partial charge is 0.178 e. The minimum atomic E-state index is -1.37. The number of hydrogen-bond donors (Lipinski definition) is 1. The van der Waals surface area contributed by atoms with E-state index in [2.05, 4.69) is 13.8 Å². The van der Waals surface area contributed by atoms with Crippen LogP contribution in [0.2, 0.25) is 0 Å². The average molecular weight is 360 g/mol. The van der Waals surface area contributed by atoms with E-state index in [4.69, 9.17) is 0 Å². The Kier molecular flexibility index (Phi) is 3.90. The first-order chi connectivity index (χ1) is 12.2. The Morgan fingerprint density at radius 2 is 2.04 bits per heavy atom. The molecule has 0 aromatic rings. The van der Waals surface area contributed by atoms with Crippen molar-refractivity contribution in [2.24, 2.45) is 34.5 Å². The number of halogens is 1. The second kappa shape index (κ2) is 5.60. The highest BCUT2D eigenvalue weighted by Gasteiger charge is 2.68. The van der Waals surface area contributed by atoms with E-state index in [9.17, 15) is 14.7 Å². The lowest BCUT2D eigenvalue weighted by atomic mass is 9.46. The lowest BCUT2D eigenvalue weighted by molar-refractivity contribution is -0.144. The summed E-state index contributed by atoms with van der Waals surface area (Å²) < 4.78 is 16.7. The zero-order chi connectivity index (χ0) is 18.9. The van der Waals surface area contributed by atoms with E-state index < -0.39 is 17.7 Å². The molecule has 0 heterocycles. The van der Waals surface area contributed by atoms with Crippen molar-refractivity contribution in [1.29, 1.82) is 0 Å². The second-order valence-corrected chi connectivity index (χ2v) is 9.54. The molecular weight excluding hydrogens is 331 g/mol.